The number of carbonyl (C=O) groups is 2. The fourth-order valence-electron chi connectivity index (χ4n) is 4.44. The number of likely N-dealkylation sites (tertiary alicyclic amines) is 1. The van der Waals surface area contributed by atoms with Crippen molar-refractivity contribution in [1.29, 1.82) is 0 Å². The third kappa shape index (κ3) is 3.60. The highest BCUT2D eigenvalue weighted by Crippen LogP contribution is 2.35. The summed E-state index contributed by atoms with van der Waals surface area (Å²) in [5.41, 5.74) is 0.506. The van der Waals surface area contributed by atoms with Gasteiger partial charge in [0.2, 0.25) is 5.91 Å². The van der Waals surface area contributed by atoms with Crippen LogP contribution < -0.4 is 5.32 Å². The van der Waals surface area contributed by atoms with Crippen LogP contribution in [0.4, 0.5) is 0 Å². The zero-order valence-electron chi connectivity index (χ0n) is 15.0. The van der Waals surface area contributed by atoms with Gasteiger partial charge in [-0.2, -0.15) is 0 Å². The van der Waals surface area contributed by atoms with Gasteiger partial charge in [-0.1, -0.05) is 18.2 Å². The number of ether oxygens (including phenoxy) is 1. The van der Waals surface area contributed by atoms with Gasteiger partial charge >= 0.3 is 0 Å². The van der Waals surface area contributed by atoms with Crippen LogP contribution in [0.5, 0.6) is 0 Å². The highest BCUT2D eigenvalue weighted by Gasteiger charge is 2.53. The van der Waals surface area contributed by atoms with Crippen molar-refractivity contribution in [3.63, 3.8) is 0 Å². The van der Waals surface area contributed by atoms with E-state index in [0.29, 0.717) is 38.2 Å². The molecule has 8 heteroatoms. The Hall–Kier alpha value is -1.93. The van der Waals surface area contributed by atoms with Crippen LogP contribution in [0.1, 0.15) is 23.2 Å². The van der Waals surface area contributed by atoms with Crippen LogP contribution in [0.2, 0.25) is 0 Å². The van der Waals surface area contributed by atoms with Crippen LogP contribution in [0, 0.1) is 11.8 Å². The van der Waals surface area contributed by atoms with Crippen LogP contribution in [0.3, 0.4) is 0 Å². The third-order valence-corrected chi connectivity index (χ3v) is 8.18. The van der Waals surface area contributed by atoms with E-state index in [1.165, 1.54) is 0 Å². The molecule has 3 aliphatic rings. The molecule has 0 aliphatic carbocycles. The van der Waals surface area contributed by atoms with Crippen molar-refractivity contribution < 1.29 is 22.7 Å². The molecule has 3 heterocycles. The Morgan fingerprint density at radius 1 is 1.07 bits per heavy atom. The van der Waals surface area contributed by atoms with Crippen molar-refractivity contribution in [2.45, 2.75) is 24.1 Å². The summed E-state index contributed by atoms with van der Waals surface area (Å²) < 4.78 is 30.5. The number of rotatable bonds is 3. The fourth-order valence-corrected chi connectivity index (χ4v) is 6.73. The molecule has 0 bridgehead atoms. The molecular weight excluding hydrogens is 368 g/mol. The molecule has 0 aromatic heterocycles. The van der Waals surface area contributed by atoms with Gasteiger partial charge < -0.3 is 15.0 Å². The average Bonchev–Trinajstić information content (AvgIpc) is 3.23. The number of nitrogens with one attached hydrogen (secondary N) is 1. The van der Waals surface area contributed by atoms with Gasteiger partial charge in [0.05, 0.1) is 11.0 Å². The molecule has 7 nitrogen and oxygen atoms in total. The molecule has 1 aromatic rings. The van der Waals surface area contributed by atoms with Gasteiger partial charge in [-0.15, -0.1) is 0 Å². The summed E-state index contributed by atoms with van der Waals surface area (Å²) in [5, 5.41) is 2.30. The second kappa shape index (κ2) is 7.24. The van der Waals surface area contributed by atoms with E-state index in [-0.39, 0.29) is 35.9 Å². The third-order valence-electron chi connectivity index (χ3n) is 5.93. The molecular formula is C19H24N2O5S. The number of amides is 2. The molecule has 146 valence electrons. The molecule has 4 rings (SSSR count). The zero-order valence-corrected chi connectivity index (χ0v) is 15.9. The van der Waals surface area contributed by atoms with Crippen LogP contribution in [-0.2, 0) is 19.4 Å². The van der Waals surface area contributed by atoms with Crippen molar-refractivity contribution >= 4 is 21.7 Å². The van der Waals surface area contributed by atoms with Crippen molar-refractivity contribution in [2.75, 3.05) is 32.1 Å². The Labute approximate surface area is 159 Å². The van der Waals surface area contributed by atoms with E-state index in [9.17, 15) is 18.0 Å². The van der Waals surface area contributed by atoms with Gasteiger partial charge in [-0.3, -0.25) is 9.59 Å². The van der Waals surface area contributed by atoms with Crippen molar-refractivity contribution in [1.82, 2.24) is 10.2 Å². The van der Waals surface area contributed by atoms with Crippen molar-refractivity contribution in [3.8, 4) is 0 Å². The zero-order chi connectivity index (χ0) is 19.0. The van der Waals surface area contributed by atoms with E-state index in [1.54, 1.807) is 29.2 Å². The summed E-state index contributed by atoms with van der Waals surface area (Å²) in [4.78, 5) is 26.9. The molecule has 1 aromatic carbocycles. The minimum Gasteiger partial charge on any atom is -0.381 e. The Morgan fingerprint density at radius 3 is 2.48 bits per heavy atom. The largest absolute Gasteiger partial charge is 0.381 e. The topological polar surface area (TPSA) is 92.8 Å². The number of nitrogens with zero attached hydrogens (tertiary/aromatic N) is 1. The van der Waals surface area contributed by atoms with Crippen molar-refractivity contribution in [2.24, 2.45) is 11.8 Å². The summed E-state index contributed by atoms with van der Waals surface area (Å²) >= 11 is 0. The minimum atomic E-state index is -3.33. The van der Waals surface area contributed by atoms with E-state index >= 15 is 0 Å². The monoisotopic (exact) mass is 392 g/mol. The Bertz CT molecular complexity index is 820. The SMILES string of the molecule is O=C(N[C@@H]1CS(=O)(=O)[C@H]2CN(C(=O)C3CCOCC3)C[C@@H]12)c1ccccc1. The summed E-state index contributed by atoms with van der Waals surface area (Å²) in [6.07, 6.45) is 1.37. The van der Waals surface area contributed by atoms with Crippen LogP contribution in [-0.4, -0.2) is 68.5 Å². The maximum Gasteiger partial charge on any atom is 0.251 e. The molecule has 2 amide bonds. The first-order chi connectivity index (χ1) is 13.0. The smallest absolute Gasteiger partial charge is 0.251 e. The van der Waals surface area contributed by atoms with Gasteiger partial charge in [0.25, 0.3) is 5.91 Å². The number of sulfone groups is 1. The first kappa shape index (κ1) is 18.4. The lowest BCUT2D eigenvalue weighted by Crippen LogP contribution is -2.43. The van der Waals surface area contributed by atoms with Crippen molar-refractivity contribution in [3.05, 3.63) is 35.9 Å². The fraction of sp³-hybridized carbons (Fsp3) is 0.579. The predicted octanol–water partition coefficient (Wildman–Crippen LogP) is 0.467. The number of fused-ring (bicyclic) bond motifs is 1. The van der Waals surface area contributed by atoms with Gasteiger partial charge in [0.15, 0.2) is 9.84 Å². The lowest BCUT2D eigenvalue weighted by Gasteiger charge is -2.27. The van der Waals surface area contributed by atoms with Crippen LogP contribution in [0.25, 0.3) is 0 Å². The Morgan fingerprint density at radius 2 is 1.78 bits per heavy atom. The Kier molecular flexibility index (Phi) is 4.94. The maximum atomic E-state index is 12.8. The van der Waals surface area contributed by atoms with Gasteiger partial charge in [-0.05, 0) is 25.0 Å². The molecule has 0 spiro atoms. The summed E-state index contributed by atoms with van der Waals surface area (Å²) in [6.45, 7) is 1.77. The van der Waals surface area contributed by atoms with Crippen LogP contribution >= 0.6 is 0 Å². The molecule has 3 fully saturated rings. The predicted molar refractivity (Wildman–Crippen MR) is 98.9 cm³/mol. The van der Waals surface area contributed by atoms with Crippen LogP contribution in [0.15, 0.2) is 30.3 Å². The first-order valence-corrected chi connectivity index (χ1v) is 11.1. The van der Waals surface area contributed by atoms with E-state index in [2.05, 4.69) is 5.32 Å². The second-order valence-electron chi connectivity index (χ2n) is 7.61. The summed E-state index contributed by atoms with van der Waals surface area (Å²) in [7, 11) is -3.33. The molecule has 0 unspecified atom stereocenters. The number of hydrogen-bond donors (Lipinski definition) is 1. The summed E-state index contributed by atoms with van der Waals surface area (Å²) in [6, 6.07) is 8.31. The van der Waals surface area contributed by atoms with E-state index in [1.807, 2.05) is 6.07 Å². The lowest BCUT2D eigenvalue weighted by molar-refractivity contribution is -0.137. The molecule has 0 radical (unpaired) electrons. The van der Waals surface area contributed by atoms with Gasteiger partial charge in [0.1, 0.15) is 0 Å². The number of hydrogen-bond acceptors (Lipinski definition) is 5. The molecule has 3 atom stereocenters. The average molecular weight is 392 g/mol. The number of benzene rings is 1. The molecule has 27 heavy (non-hydrogen) atoms. The highest BCUT2D eigenvalue weighted by molar-refractivity contribution is 7.92. The quantitative estimate of drug-likeness (QED) is 0.807. The van der Waals surface area contributed by atoms with Gasteiger partial charge in [0, 0.05) is 49.7 Å². The lowest BCUT2D eigenvalue weighted by atomic mass is 9.98. The van der Waals surface area contributed by atoms with Gasteiger partial charge in [-0.25, -0.2) is 8.42 Å². The maximum absolute atomic E-state index is 12.8. The normalized spacial score (nSPS) is 30.1. The standard InChI is InChI=1S/C19H24N2O5S/c22-18(13-4-2-1-3-5-13)20-16-12-27(24,25)17-11-21(10-15(16)17)19(23)14-6-8-26-9-7-14/h1-5,14-17H,6-12H2,(H,20,22)/t15-,16+,17-/m0/s1. The minimum absolute atomic E-state index is 0.0241. The van der Waals surface area contributed by atoms with E-state index in [0.717, 1.165) is 0 Å². The first-order valence-electron chi connectivity index (χ1n) is 9.40. The van der Waals surface area contributed by atoms with E-state index < -0.39 is 21.1 Å². The Balaban J connectivity index is 1.46. The number of carbonyl (C=O) groups excluding carboxylic acids is 2. The molecule has 3 aliphatic heterocycles. The van der Waals surface area contributed by atoms with E-state index in [4.69, 9.17) is 4.74 Å². The molecule has 3 saturated heterocycles. The molecule has 0 saturated carbocycles. The molecule has 1 N–H and O–H groups in total. The summed E-state index contributed by atoms with van der Waals surface area (Å²) in [5.74, 6) is -0.633. The highest BCUT2D eigenvalue weighted by atomic mass is 32.2. The second-order valence-corrected chi connectivity index (χ2v) is 9.87.